The van der Waals surface area contributed by atoms with E-state index in [1.54, 1.807) is 0 Å². The molecule has 160 valence electrons. The Morgan fingerprint density at radius 2 is 1.70 bits per heavy atom. The van der Waals surface area contributed by atoms with Gasteiger partial charge in [0.25, 0.3) is 0 Å². The highest BCUT2D eigenvalue weighted by Crippen LogP contribution is 2.38. The Hall–Kier alpha value is 0.0969. The molecule has 2 aliphatic heterocycles. The number of hydrogen-bond donors (Lipinski definition) is 1. The van der Waals surface area contributed by atoms with Crippen molar-refractivity contribution in [2.24, 2.45) is 17.8 Å². The molecule has 0 aliphatic carbocycles. The standard InChI is InChI=1S/C23H47NO2Si/c1-18(17-26-27(6,7)23(3,4)5)15-20(25)16-19(2)21-11-8-9-13-24-14-10-12-22(21)24/h18-22,25H,8-17H2,1-7H3/t18-,19-,20-,21-,22+/m1/s1. The fraction of sp³-hybridized carbons (Fsp3) is 1.00. The molecule has 1 N–H and O–H groups in total. The first-order valence-corrected chi connectivity index (χ1v) is 14.5. The van der Waals surface area contributed by atoms with Crippen molar-refractivity contribution in [3.8, 4) is 0 Å². The molecule has 27 heavy (non-hydrogen) atoms. The van der Waals surface area contributed by atoms with Gasteiger partial charge >= 0.3 is 0 Å². The van der Waals surface area contributed by atoms with E-state index in [4.69, 9.17) is 4.43 Å². The molecule has 0 aromatic heterocycles. The summed E-state index contributed by atoms with van der Waals surface area (Å²) in [5.41, 5.74) is 0. The second kappa shape index (κ2) is 9.73. The molecule has 4 heteroatoms. The summed E-state index contributed by atoms with van der Waals surface area (Å²) >= 11 is 0. The lowest BCUT2D eigenvalue weighted by atomic mass is 9.79. The van der Waals surface area contributed by atoms with Gasteiger partial charge in [0.15, 0.2) is 8.32 Å². The summed E-state index contributed by atoms with van der Waals surface area (Å²) in [4.78, 5) is 2.75. The van der Waals surface area contributed by atoms with E-state index < -0.39 is 8.32 Å². The molecular weight excluding hydrogens is 350 g/mol. The van der Waals surface area contributed by atoms with E-state index in [1.165, 1.54) is 45.2 Å². The maximum absolute atomic E-state index is 10.8. The molecule has 0 aromatic rings. The first kappa shape index (κ1) is 23.4. The van der Waals surface area contributed by atoms with Crippen molar-refractivity contribution in [2.45, 2.75) is 110 Å². The minimum atomic E-state index is -1.69. The van der Waals surface area contributed by atoms with Gasteiger partial charge < -0.3 is 14.4 Å². The van der Waals surface area contributed by atoms with Gasteiger partial charge in [0, 0.05) is 12.6 Å². The van der Waals surface area contributed by atoms with Crippen LogP contribution in [0.15, 0.2) is 0 Å². The summed E-state index contributed by atoms with van der Waals surface area (Å²) < 4.78 is 6.37. The number of rotatable bonds is 8. The normalized spacial score (nSPS) is 28.4. The predicted molar refractivity (Wildman–Crippen MR) is 119 cm³/mol. The second-order valence-electron chi connectivity index (χ2n) is 11.2. The van der Waals surface area contributed by atoms with Crippen molar-refractivity contribution in [3.05, 3.63) is 0 Å². The monoisotopic (exact) mass is 397 g/mol. The van der Waals surface area contributed by atoms with Gasteiger partial charge in [0.1, 0.15) is 0 Å². The molecule has 0 spiro atoms. The number of aliphatic hydroxyl groups is 1. The number of hydrogen-bond acceptors (Lipinski definition) is 3. The third kappa shape index (κ3) is 6.55. The zero-order chi connectivity index (χ0) is 20.2. The average Bonchev–Trinajstić information content (AvgIpc) is 2.91. The molecule has 3 nitrogen and oxygen atoms in total. The molecule has 0 amide bonds. The Morgan fingerprint density at radius 3 is 2.37 bits per heavy atom. The molecule has 5 atom stereocenters. The molecule has 2 rings (SSSR count). The highest BCUT2D eigenvalue weighted by Gasteiger charge is 2.38. The van der Waals surface area contributed by atoms with Gasteiger partial charge in [-0.15, -0.1) is 0 Å². The summed E-state index contributed by atoms with van der Waals surface area (Å²) in [5, 5.41) is 11.0. The van der Waals surface area contributed by atoms with Crippen LogP contribution in [0.4, 0.5) is 0 Å². The Bertz CT molecular complexity index is 448. The van der Waals surface area contributed by atoms with Gasteiger partial charge in [-0.25, -0.2) is 0 Å². The van der Waals surface area contributed by atoms with Crippen molar-refractivity contribution < 1.29 is 9.53 Å². The van der Waals surface area contributed by atoms with E-state index in [1.807, 2.05) is 0 Å². The Balaban J connectivity index is 1.79. The lowest BCUT2D eigenvalue weighted by Crippen LogP contribution is -2.42. The van der Waals surface area contributed by atoms with Crippen molar-refractivity contribution in [2.75, 3.05) is 19.7 Å². The maximum Gasteiger partial charge on any atom is 0.191 e. The molecule has 0 saturated carbocycles. The van der Waals surface area contributed by atoms with E-state index in [0.29, 0.717) is 11.8 Å². The van der Waals surface area contributed by atoms with Crippen LogP contribution < -0.4 is 0 Å². The van der Waals surface area contributed by atoms with Crippen LogP contribution >= 0.6 is 0 Å². The minimum absolute atomic E-state index is 0.184. The zero-order valence-electron chi connectivity index (χ0n) is 19.3. The van der Waals surface area contributed by atoms with E-state index in [0.717, 1.165) is 31.4 Å². The van der Waals surface area contributed by atoms with Crippen LogP contribution in [0.3, 0.4) is 0 Å². The minimum Gasteiger partial charge on any atom is -0.417 e. The molecule has 2 fully saturated rings. The van der Waals surface area contributed by atoms with Crippen LogP contribution in [0.1, 0.15) is 79.6 Å². The van der Waals surface area contributed by atoms with Crippen molar-refractivity contribution in [3.63, 3.8) is 0 Å². The van der Waals surface area contributed by atoms with Gasteiger partial charge in [-0.2, -0.15) is 0 Å². The summed E-state index contributed by atoms with van der Waals surface area (Å²) in [6.07, 6.45) is 8.49. The fourth-order valence-corrected chi connectivity index (χ4v) is 6.10. The summed E-state index contributed by atoms with van der Waals surface area (Å²) in [5.74, 6) is 1.83. The highest BCUT2D eigenvalue weighted by atomic mass is 28.4. The third-order valence-electron chi connectivity index (χ3n) is 7.73. The van der Waals surface area contributed by atoms with Crippen LogP contribution in [0.5, 0.6) is 0 Å². The second-order valence-corrected chi connectivity index (χ2v) is 16.0. The van der Waals surface area contributed by atoms with Gasteiger partial charge in [0.2, 0.25) is 0 Å². The largest absolute Gasteiger partial charge is 0.417 e. The van der Waals surface area contributed by atoms with Crippen LogP contribution in [0.2, 0.25) is 18.1 Å². The van der Waals surface area contributed by atoms with Crippen LogP contribution in [0, 0.1) is 17.8 Å². The SMILES string of the molecule is C[C@@H](CO[Si](C)(C)C(C)(C)C)C[C@@H](O)C[C@@H](C)[C@H]1CCCCN2CCC[C@@H]12. The summed E-state index contributed by atoms with van der Waals surface area (Å²) in [7, 11) is -1.69. The Labute approximate surface area is 170 Å². The average molecular weight is 398 g/mol. The van der Waals surface area contributed by atoms with E-state index in [2.05, 4.69) is 52.6 Å². The molecule has 0 aromatic carbocycles. The highest BCUT2D eigenvalue weighted by molar-refractivity contribution is 6.74. The van der Waals surface area contributed by atoms with Crippen molar-refractivity contribution in [1.82, 2.24) is 4.90 Å². The topological polar surface area (TPSA) is 32.7 Å². The number of aliphatic hydroxyl groups excluding tert-OH is 1. The third-order valence-corrected chi connectivity index (χ3v) is 12.2. The first-order chi connectivity index (χ1) is 12.5. The van der Waals surface area contributed by atoms with Gasteiger partial charge in [-0.05, 0) is 87.5 Å². The maximum atomic E-state index is 10.8. The van der Waals surface area contributed by atoms with Crippen LogP contribution in [-0.4, -0.2) is 50.2 Å². The fourth-order valence-electron chi connectivity index (χ4n) is 4.97. The molecule has 0 unspecified atom stereocenters. The molecule has 0 bridgehead atoms. The van der Waals surface area contributed by atoms with Crippen molar-refractivity contribution in [1.29, 1.82) is 0 Å². The van der Waals surface area contributed by atoms with E-state index >= 15 is 0 Å². The predicted octanol–water partition coefficient (Wildman–Crippen LogP) is 5.69. The smallest absolute Gasteiger partial charge is 0.191 e. The molecule has 2 heterocycles. The van der Waals surface area contributed by atoms with E-state index in [9.17, 15) is 5.11 Å². The molecule has 0 radical (unpaired) electrons. The van der Waals surface area contributed by atoms with Crippen LogP contribution in [0.25, 0.3) is 0 Å². The lowest BCUT2D eigenvalue weighted by Gasteiger charge is -2.37. The molecular formula is C23H47NO2Si. The zero-order valence-corrected chi connectivity index (χ0v) is 20.3. The van der Waals surface area contributed by atoms with Crippen molar-refractivity contribution >= 4 is 8.32 Å². The van der Waals surface area contributed by atoms with Crippen LogP contribution in [-0.2, 0) is 4.43 Å². The van der Waals surface area contributed by atoms with E-state index in [-0.39, 0.29) is 11.1 Å². The Kier molecular flexibility index (Phi) is 8.43. The molecule has 2 saturated heterocycles. The first-order valence-electron chi connectivity index (χ1n) is 11.6. The van der Waals surface area contributed by atoms with Gasteiger partial charge in [0.05, 0.1) is 6.10 Å². The summed E-state index contributed by atoms with van der Waals surface area (Å²) in [6, 6.07) is 0.786. The number of nitrogens with zero attached hydrogens (tertiary/aromatic N) is 1. The van der Waals surface area contributed by atoms with Gasteiger partial charge in [-0.3, -0.25) is 0 Å². The summed E-state index contributed by atoms with van der Waals surface area (Å²) in [6.45, 7) is 19.5. The number of fused-ring (bicyclic) bond motifs is 1. The molecule has 2 aliphatic rings. The van der Waals surface area contributed by atoms with Gasteiger partial charge in [-0.1, -0.05) is 41.0 Å². The Morgan fingerprint density at radius 1 is 1.04 bits per heavy atom. The lowest BCUT2D eigenvalue weighted by molar-refractivity contribution is 0.0764. The quantitative estimate of drug-likeness (QED) is 0.534.